The van der Waals surface area contributed by atoms with Crippen LogP contribution in [0.15, 0.2) is 0 Å². The molecule has 1 amide bonds. The predicted octanol–water partition coefficient (Wildman–Crippen LogP) is 1.19. The lowest BCUT2D eigenvalue weighted by Crippen LogP contribution is -2.40. The highest BCUT2D eigenvalue weighted by atomic mass is 19.4. The van der Waals surface area contributed by atoms with Crippen molar-refractivity contribution >= 4 is 5.91 Å². The minimum atomic E-state index is -4.44. The third-order valence-corrected chi connectivity index (χ3v) is 1.98. The lowest BCUT2D eigenvalue weighted by Gasteiger charge is -2.23. The van der Waals surface area contributed by atoms with Crippen molar-refractivity contribution in [3.8, 4) is 0 Å². The lowest BCUT2D eigenvalue weighted by atomic mass is 10.3. The van der Waals surface area contributed by atoms with E-state index in [9.17, 15) is 18.0 Å². The maximum absolute atomic E-state index is 12.1. The highest BCUT2D eigenvalue weighted by Crippen LogP contribution is 2.17. The van der Waals surface area contributed by atoms with Gasteiger partial charge in [0.25, 0.3) is 0 Å². The summed E-state index contributed by atoms with van der Waals surface area (Å²) < 4.78 is 41.4. The number of carbonyl (C=O) groups is 1. The summed E-state index contributed by atoms with van der Waals surface area (Å²) in [6.07, 6.45) is -4.06. The molecule has 0 rings (SSSR count). The van der Waals surface area contributed by atoms with Gasteiger partial charge in [-0.15, -0.1) is 0 Å². The van der Waals surface area contributed by atoms with E-state index in [4.69, 9.17) is 9.84 Å². The number of amides is 1. The molecule has 0 bridgehead atoms. The van der Waals surface area contributed by atoms with Crippen LogP contribution in [0.4, 0.5) is 13.2 Å². The second-order valence-electron chi connectivity index (χ2n) is 3.45. The smallest absolute Gasteiger partial charge is 0.395 e. The number of carbonyl (C=O) groups excluding carboxylic acids is 1. The molecule has 0 aliphatic rings. The number of alkyl halides is 3. The molecule has 0 aromatic rings. The number of aliphatic hydroxyl groups excluding tert-OH is 1. The van der Waals surface area contributed by atoms with Crippen molar-refractivity contribution < 1.29 is 27.8 Å². The van der Waals surface area contributed by atoms with E-state index in [2.05, 4.69) is 0 Å². The van der Waals surface area contributed by atoms with Gasteiger partial charge < -0.3 is 14.7 Å². The molecular weight excluding hydrogens is 239 g/mol. The average Bonchev–Trinajstić information content (AvgIpc) is 2.21. The number of rotatable bonds is 8. The van der Waals surface area contributed by atoms with E-state index in [0.717, 1.165) is 0 Å². The number of hydrogen-bond donors (Lipinski definition) is 1. The first kappa shape index (κ1) is 16.2. The van der Waals surface area contributed by atoms with Crippen LogP contribution in [0.5, 0.6) is 0 Å². The van der Waals surface area contributed by atoms with Gasteiger partial charge in [-0.05, 0) is 13.3 Å². The fourth-order valence-corrected chi connectivity index (χ4v) is 1.26. The van der Waals surface area contributed by atoms with E-state index in [1.807, 2.05) is 0 Å². The molecule has 1 N–H and O–H groups in total. The third kappa shape index (κ3) is 8.93. The van der Waals surface area contributed by atoms with Crippen LogP contribution in [0.1, 0.15) is 19.8 Å². The Morgan fingerprint density at radius 3 is 2.53 bits per heavy atom. The van der Waals surface area contributed by atoms with E-state index in [-0.39, 0.29) is 13.0 Å². The van der Waals surface area contributed by atoms with Gasteiger partial charge in [-0.3, -0.25) is 4.79 Å². The Morgan fingerprint density at radius 1 is 1.41 bits per heavy atom. The van der Waals surface area contributed by atoms with Gasteiger partial charge in [0.15, 0.2) is 0 Å². The summed E-state index contributed by atoms with van der Waals surface area (Å²) >= 11 is 0. The standard InChI is InChI=1S/C10H18F3NO3/c1-2-17-7-3-4-9(16)14(5-6-15)8-10(11,12)13/h15H,2-8H2,1H3. The first-order valence-corrected chi connectivity index (χ1v) is 5.43. The summed E-state index contributed by atoms with van der Waals surface area (Å²) in [4.78, 5) is 12.1. The van der Waals surface area contributed by atoms with E-state index >= 15 is 0 Å². The van der Waals surface area contributed by atoms with Crippen LogP contribution in [0.25, 0.3) is 0 Å². The molecule has 7 heteroatoms. The van der Waals surface area contributed by atoms with Crippen LogP contribution >= 0.6 is 0 Å². The molecule has 0 atom stereocenters. The first-order valence-electron chi connectivity index (χ1n) is 5.43. The number of aliphatic hydroxyl groups is 1. The number of nitrogens with zero attached hydrogens (tertiary/aromatic N) is 1. The molecule has 0 saturated heterocycles. The Balaban J connectivity index is 4.06. The molecule has 0 aliphatic heterocycles. The van der Waals surface area contributed by atoms with E-state index in [0.29, 0.717) is 24.5 Å². The predicted molar refractivity (Wildman–Crippen MR) is 55.4 cm³/mol. The van der Waals surface area contributed by atoms with Crippen molar-refractivity contribution in [3.63, 3.8) is 0 Å². The highest BCUT2D eigenvalue weighted by Gasteiger charge is 2.32. The van der Waals surface area contributed by atoms with Crippen molar-refractivity contribution in [2.75, 3.05) is 32.9 Å². The molecule has 4 nitrogen and oxygen atoms in total. The van der Waals surface area contributed by atoms with Gasteiger partial charge in [0, 0.05) is 26.2 Å². The molecule has 17 heavy (non-hydrogen) atoms. The van der Waals surface area contributed by atoms with Crippen molar-refractivity contribution in [1.82, 2.24) is 4.90 Å². The zero-order valence-corrected chi connectivity index (χ0v) is 9.79. The Kier molecular flexibility index (Phi) is 7.90. The molecule has 0 aromatic heterocycles. The Bertz CT molecular complexity index is 221. The summed E-state index contributed by atoms with van der Waals surface area (Å²) in [6, 6.07) is 0. The fourth-order valence-electron chi connectivity index (χ4n) is 1.26. The second kappa shape index (κ2) is 8.30. The Morgan fingerprint density at radius 2 is 2.06 bits per heavy atom. The lowest BCUT2D eigenvalue weighted by molar-refractivity contribution is -0.162. The third-order valence-electron chi connectivity index (χ3n) is 1.98. The van der Waals surface area contributed by atoms with Crippen LogP contribution < -0.4 is 0 Å². The summed E-state index contributed by atoms with van der Waals surface area (Å²) in [6.45, 7) is 0.559. The summed E-state index contributed by atoms with van der Waals surface area (Å²) in [5, 5.41) is 8.61. The SMILES string of the molecule is CCOCCCC(=O)N(CCO)CC(F)(F)F. The van der Waals surface area contributed by atoms with E-state index in [1.165, 1.54) is 0 Å². The van der Waals surface area contributed by atoms with Crippen molar-refractivity contribution in [3.05, 3.63) is 0 Å². The van der Waals surface area contributed by atoms with Crippen LogP contribution in [0.2, 0.25) is 0 Å². The quantitative estimate of drug-likeness (QED) is 0.664. The number of hydrogen-bond acceptors (Lipinski definition) is 3. The molecule has 0 heterocycles. The van der Waals surface area contributed by atoms with Crippen molar-refractivity contribution in [1.29, 1.82) is 0 Å². The molecule has 0 radical (unpaired) electrons. The minimum absolute atomic E-state index is 0.00389. The molecule has 0 saturated carbocycles. The maximum Gasteiger partial charge on any atom is 0.406 e. The van der Waals surface area contributed by atoms with Gasteiger partial charge in [-0.2, -0.15) is 13.2 Å². The van der Waals surface area contributed by atoms with Crippen LogP contribution in [-0.2, 0) is 9.53 Å². The van der Waals surface area contributed by atoms with Gasteiger partial charge in [0.1, 0.15) is 6.54 Å². The molecule has 0 aromatic carbocycles. The molecule has 102 valence electrons. The Labute approximate surface area is 98.3 Å². The molecular formula is C10H18F3NO3. The largest absolute Gasteiger partial charge is 0.406 e. The summed E-state index contributed by atoms with van der Waals surface area (Å²) in [5.41, 5.74) is 0. The minimum Gasteiger partial charge on any atom is -0.395 e. The Hall–Kier alpha value is -0.820. The fraction of sp³-hybridized carbons (Fsp3) is 0.900. The van der Waals surface area contributed by atoms with Crippen LogP contribution in [-0.4, -0.2) is 55.0 Å². The summed E-state index contributed by atoms with van der Waals surface area (Å²) in [7, 11) is 0. The molecule has 0 fully saturated rings. The number of ether oxygens (including phenoxy) is 1. The van der Waals surface area contributed by atoms with Gasteiger partial charge in [-0.25, -0.2) is 0 Å². The highest BCUT2D eigenvalue weighted by molar-refractivity contribution is 5.76. The first-order chi connectivity index (χ1) is 7.90. The van der Waals surface area contributed by atoms with E-state index < -0.39 is 25.2 Å². The van der Waals surface area contributed by atoms with Crippen LogP contribution in [0.3, 0.4) is 0 Å². The van der Waals surface area contributed by atoms with Gasteiger partial charge in [0.2, 0.25) is 5.91 Å². The topological polar surface area (TPSA) is 49.8 Å². The van der Waals surface area contributed by atoms with Gasteiger partial charge in [0.05, 0.1) is 6.61 Å². The van der Waals surface area contributed by atoms with Crippen molar-refractivity contribution in [2.24, 2.45) is 0 Å². The maximum atomic E-state index is 12.1. The summed E-state index contributed by atoms with van der Waals surface area (Å²) in [5.74, 6) is -0.615. The van der Waals surface area contributed by atoms with E-state index in [1.54, 1.807) is 6.92 Å². The van der Waals surface area contributed by atoms with Crippen LogP contribution in [0, 0.1) is 0 Å². The second-order valence-corrected chi connectivity index (χ2v) is 3.45. The van der Waals surface area contributed by atoms with Crippen molar-refractivity contribution in [2.45, 2.75) is 25.9 Å². The number of halogens is 3. The van der Waals surface area contributed by atoms with Gasteiger partial charge >= 0.3 is 6.18 Å². The average molecular weight is 257 g/mol. The zero-order valence-electron chi connectivity index (χ0n) is 9.79. The van der Waals surface area contributed by atoms with Gasteiger partial charge in [-0.1, -0.05) is 0 Å². The molecule has 0 aliphatic carbocycles. The molecule has 0 spiro atoms. The monoisotopic (exact) mass is 257 g/mol. The molecule has 0 unspecified atom stereocenters. The zero-order chi connectivity index (χ0) is 13.3. The normalized spacial score (nSPS) is 11.6.